The first-order valence-corrected chi connectivity index (χ1v) is 5.56. The Labute approximate surface area is 137 Å². The van der Waals surface area contributed by atoms with Gasteiger partial charge in [0.1, 0.15) is 0 Å². The maximum Gasteiger partial charge on any atom is 0.507 e. The zero-order chi connectivity index (χ0) is 20.4. The quantitative estimate of drug-likeness (QED) is 0.560. The Balaban J connectivity index is -0.0000000182. The van der Waals surface area contributed by atoms with Gasteiger partial charge in [-0.25, -0.2) is 4.79 Å². The highest BCUT2D eigenvalue weighted by molar-refractivity contribution is 5.59. The Kier molecular flexibility index (Phi) is 618. The number of rotatable bonds is 1. The maximum atomic E-state index is 9.74. The molecular weight excluding hydrogens is 284 g/mol. The second-order valence-corrected chi connectivity index (χ2v) is 1.11. The summed E-state index contributed by atoms with van der Waals surface area (Å²) < 4.78 is 8.08. The van der Waals surface area contributed by atoms with Gasteiger partial charge in [0.25, 0.3) is 0 Å². The van der Waals surface area contributed by atoms with E-state index >= 15 is 0 Å². The average molecular weight is 320 g/mol. The third-order valence-electron chi connectivity index (χ3n) is 0.433. The summed E-state index contributed by atoms with van der Waals surface area (Å²) in [6, 6.07) is 0. The predicted molar refractivity (Wildman–Crippen MR) is 101 cm³/mol. The molecule has 22 heavy (non-hydrogen) atoms. The van der Waals surface area contributed by atoms with E-state index in [2.05, 4.69) is 88.4 Å². The van der Waals surface area contributed by atoms with Crippen LogP contribution >= 0.6 is 0 Å². The minimum Gasteiger partial charge on any atom is -0.438 e. The normalized spacial score (nSPS) is 4.36. The molecular formula is C17H36O5. The van der Waals surface area contributed by atoms with Crippen LogP contribution in [0, 0.1) is 0 Å². The lowest BCUT2D eigenvalue weighted by atomic mass is 10.8. The van der Waals surface area contributed by atoms with Gasteiger partial charge in [-0.1, -0.05) is 0 Å². The van der Waals surface area contributed by atoms with Crippen LogP contribution in [0.2, 0.25) is 0 Å². The number of hydrogen-bond donors (Lipinski definition) is 2. The molecule has 2 N–H and O–H groups in total. The highest BCUT2D eigenvalue weighted by Gasteiger charge is 1.88. The van der Waals surface area contributed by atoms with E-state index in [1.54, 1.807) is 0 Å². The molecule has 0 heterocycles. The smallest absolute Gasteiger partial charge is 0.438 e. The lowest BCUT2D eigenvalue weighted by molar-refractivity contribution is 0.0924. The first-order chi connectivity index (χ1) is 10.7. The average Bonchev–Trinajstić information content (AvgIpc) is 2.70. The monoisotopic (exact) mass is 320 g/mol. The summed E-state index contributed by atoms with van der Waals surface area (Å²) in [7, 11) is 2.51. The summed E-state index contributed by atoms with van der Waals surface area (Å²) in [5.74, 6) is 0. The minimum absolute atomic E-state index is 0.125. The molecule has 0 saturated heterocycles. The van der Waals surface area contributed by atoms with Gasteiger partial charge >= 0.3 is 6.16 Å². The number of ether oxygens (including phenoxy) is 2. The molecule has 0 unspecified atom stereocenters. The molecule has 0 bridgehead atoms. The van der Waals surface area contributed by atoms with Crippen LogP contribution in [0.15, 0.2) is 78.9 Å². The van der Waals surface area contributed by atoms with Gasteiger partial charge < -0.3 is 19.7 Å². The van der Waals surface area contributed by atoms with Gasteiger partial charge in [0.05, 0.1) is 27.4 Å². The van der Waals surface area contributed by atoms with Crippen molar-refractivity contribution in [1.82, 2.24) is 0 Å². The van der Waals surface area contributed by atoms with Crippen LogP contribution in [-0.2, 0) is 9.47 Å². The van der Waals surface area contributed by atoms with Crippen LogP contribution in [0.25, 0.3) is 0 Å². The third-order valence-corrected chi connectivity index (χ3v) is 0.433. The van der Waals surface area contributed by atoms with Gasteiger partial charge in [-0.15, -0.1) is 78.9 Å². The van der Waals surface area contributed by atoms with Gasteiger partial charge in [-0.2, -0.15) is 0 Å². The maximum absolute atomic E-state index is 9.74. The van der Waals surface area contributed by atoms with Crippen molar-refractivity contribution >= 4 is 6.16 Å². The lowest BCUT2D eigenvalue weighted by Crippen LogP contribution is -1.97. The van der Waals surface area contributed by atoms with Crippen molar-refractivity contribution in [3.05, 3.63) is 78.9 Å². The first-order valence-electron chi connectivity index (χ1n) is 5.56. The molecule has 5 nitrogen and oxygen atoms in total. The van der Waals surface area contributed by atoms with Gasteiger partial charge in [0.15, 0.2) is 0 Å². The Bertz CT molecular complexity index is 118. The summed E-state index contributed by atoms with van der Waals surface area (Å²) in [5, 5.41) is 15.2. The van der Waals surface area contributed by atoms with Crippen molar-refractivity contribution < 1.29 is 24.5 Å². The molecule has 0 aromatic heterocycles. The van der Waals surface area contributed by atoms with Gasteiger partial charge in [0.2, 0.25) is 0 Å². The topological polar surface area (TPSA) is 76.0 Å². The van der Waals surface area contributed by atoms with Crippen LogP contribution in [-0.4, -0.2) is 43.8 Å². The van der Waals surface area contributed by atoms with E-state index in [0.29, 0.717) is 0 Å². The fraction of sp³-hybridized carbons (Fsp3) is 0.235. The molecule has 0 rings (SSSR count). The highest BCUT2D eigenvalue weighted by atomic mass is 16.7. The van der Waals surface area contributed by atoms with Crippen LogP contribution in [0.4, 0.5) is 4.79 Å². The zero-order valence-electron chi connectivity index (χ0n) is 14.5. The van der Waals surface area contributed by atoms with E-state index in [1.165, 1.54) is 14.2 Å². The van der Waals surface area contributed by atoms with Crippen molar-refractivity contribution in [1.29, 1.82) is 0 Å². The molecule has 0 saturated carbocycles. The Morgan fingerprint density at radius 1 is 0.636 bits per heavy atom. The predicted octanol–water partition coefficient (Wildman–Crippen LogP) is 4.18. The van der Waals surface area contributed by atoms with Crippen molar-refractivity contribution in [2.24, 2.45) is 0 Å². The standard InChI is InChI=1S/C3H6O3.C2H6O2.6C2H4/c1-5-3(4)6-2;3-1-2-4;6*1-2/h1-2H3;3-4H,1-2H2;6*1-2H2. The van der Waals surface area contributed by atoms with Gasteiger partial charge in [0, 0.05) is 0 Å². The molecule has 5 heteroatoms. The molecule has 0 aromatic rings. The molecule has 0 aromatic carbocycles. The summed E-state index contributed by atoms with van der Waals surface area (Å²) in [6.07, 6.45) is -0.657. The first kappa shape index (κ1) is 50.4. The fourth-order valence-corrected chi connectivity index (χ4v) is 0.0833. The fourth-order valence-electron chi connectivity index (χ4n) is 0.0833. The van der Waals surface area contributed by atoms with E-state index < -0.39 is 6.16 Å². The number of aliphatic hydroxyl groups excluding tert-OH is 2. The number of carbonyl (C=O) groups excluding carboxylic acids is 1. The van der Waals surface area contributed by atoms with E-state index in [1.807, 2.05) is 0 Å². The summed E-state index contributed by atoms with van der Waals surface area (Å²) >= 11 is 0. The zero-order valence-corrected chi connectivity index (χ0v) is 14.5. The highest BCUT2D eigenvalue weighted by Crippen LogP contribution is 1.72. The van der Waals surface area contributed by atoms with Crippen LogP contribution < -0.4 is 0 Å². The van der Waals surface area contributed by atoms with Gasteiger partial charge in [-0.05, 0) is 0 Å². The molecule has 0 radical (unpaired) electrons. The summed E-state index contributed by atoms with van der Waals surface area (Å²) in [5.41, 5.74) is 0. The number of carbonyl (C=O) groups is 1. The van der Waals surface area contributed by atoms with Crippen molar-refractivity contribution in [2.75, 3.05) is 27.4 Å². The van der Waals surface area contributed by atoms with E-state index in [-0.39, 0.29) is 13.2 Å². The van der Waals surface area contributed by atoms with E-state index in [4.69, 9.17) is 10.2 Å². The third kappa shape index (κ3) is 705. The molecule has 0 aliphatic carbocycles. The molecule has 0 spiro atoms. The minimum atomic E-state index is -0.657. The Morgan fingerprint density at radius 3 is 0.773 bits per heavy atom. The second kappa shape index (κ2) is 270. The molecule has 134 valence electrons. The van der Waals surface area contributed by atoms with Crippen molar-refractivity contribution in [3.8, 4) is 0 Å². The number of aliphatic hydroxyl groups is 2. The Hall–Kier alpha value is -2.37. The Morgan fingerprint density at radius 2 is 0.773 bits per heavy atom. The summed E-state index contributed by atoms with van der Waals surface area (Å²) in [6.45, 7) is 35.8. The van der Waals surface area contributed by atoms with Crippen LogP contribution in [0.5, 0.6) is 0 Å². The van der Waals surface area contributed by atoms with Crippen LogP contribution in [0.3, 0.4) is 0 Å². The van der Waals surface area contributed by atoms with Crippen LogP contribution in [0.1, 0.15) is 0 Å². The van der Waals surface area contributed by atoms with Crippen molar-refractivity contribution in [3.63, 3.8) is 0 Å². The molecule has 0 aliphatic rings. The largest absolute Gasteiger partial charge is 0.507 e. The van der Waals surface area contributed by atoms with Crippen molar-refractivity contribution in [2.45, 2.75) is 0 Å². The molecule has 0 amide bonds. The molecule has 0 aliphatic heterocycles. The number of methoxy groups -OCH3 is 2. The number of hydrogen-bond acceptors (Lipinski definition) is 5. The van der Waals surface area contributed by atoms with Gasteiger partial charge in [-0.3, -0.25) is 0 Å². The SMILES string of the molecule is C=C.C=C.C=C.C=C.C=C.C=C.COC(=O)OC.OCCO. The summed E-state index contributed by atoms with van der Waals surface area (Å²) in [4.78, 5) is 9.74. The van der Waals surface area contributed by atoms with E-state index in [9.17, 15) is 4.79 Å². The lowest BCUT2D eigenvalue weighted by Gasteiger charge is -1.89. The van der Waals surface area contributed by atoms with E-state index in [0.717, 1.165) is 0 Å². The second-order valence-electron chi connectivity index (χ2n) is 1.11. The molecule has 0 fully saturated rings. The molecule has 0 atom stereocenters.